The van der Waals surface area contributed by atoms with E-state index >= 15 is 0 Å². The van der Waals surface area contributed by atoms with Crippen LogP contribution in [-0.4, -0.2) is 37.8 Å². The summed E-state index contributed by atoms with van der Waals surface area (Å²) in [5, 5.41) is 14.2. The van der Waals surface area contributed by atoms with Crippen molar-refractivity contribution in [2.45, 2.75) is 32.2 Å². The molecule has 6 rings (SSSR count). The van der Waals surface area contributed by atoms with Crippen LogP contribution < -0.4 is 10.6 Å². The first-order valence-corrected chi connectivity index (χ1v) is 11.4. The number of aromatic nitrogens is 4. The molecular weight excluding hydrogens is 438 g/mol. The second-order valence-electron chi connectivity index (χ2n) is 9.31. The number of aryl methyl sites for hydroxylation is 1. The van der Waals surface area contributed by atoms with Crippen molar-refractivity contribution in [2.75, 3.05) is 18.0 Å². The van der Waals surface area contributed by atoms with Crippen LogP contribution in [0.5, 0.6) is 5.88 Å². The molecule has 0 radical (unpaired) electrons. The number of anilines is 1. The molecule has 9 heteroatoms. The Morgan fingerprint density at radius 1 is 1.09 bits per heavy atom. The van der Waals surface area contributed by atoms with E-state index in [2.05, 4.69) is 15.0 Å². The number of piperidine rings is 1. The summed E-state index contributed by atoms with van der Waals surface area (Å²) in [7, 11) is 0. The molecule has 1 aliphatic carbocycles. The van der Waals surface area contributed by atoms with Crippen LogP contribution in [-0.2, 0) is 6.42 Å². The summed E-state index contributed by atoms with van der Waals surface area (Å²) < 4.78 is 30.2. The molecule has 1 saturated heterocycles. The fraction of sp³-hybridized carbons (Fsp3) is 0.320. The predicted molar refractivity (Wildman–Crippen MR) is 123 cm³/mol. The second kappa shape index (κ2) is 7.46. The van der Waals surface area contributed by atoms with Gasteiger partial charge in [-0.25, -0.2) is 23.3 Å². The van der Waals surface area contributed by atoms with Gasteiger partial charge in [-0.3, -0.25) is 0 Å². The minimum atomic E-state index is -0.911. The molecule has 174 valence electrons. The number of rotatable bonds is 2. The summed E-state index contributed by atoms with van der Waals surface area (Å²) in [5.74, 6) is -1.02. The van der Waals surface area contributed by atoms with Gasteiger partial charge in [-0.05, 0) is 55.4 Å². The van der Waals surface area contributed by atoms with Crippen LogP contribution in [0.15, 0.2) is 42.6 Å². The molecular formula is C25H24F2N6O. The number of pyridine rings is 1. The average molecular weight is 463 g/mol. The van der Waals surface area contributed by atoms with Gasteiger partial charge in [0.25, 0.3) is 0 Å². The molecule has 1 atom stereocenters. The Kier molecular flexibility index (Phi) is 4.60. The van der Waals surface area contributed by atoms with E-state index in [1.807, 2.05) is 12.1 Å². The lowest BCUT2D eigenvalue weighted by Gasteiger charge is -2.42. The van der Waals surface area contributed by atoms with Gasteiger partial charge in [0.15, 0.2) is 17.5 Å². The zero-order valence-electron chi connectivity index (χ0n) is 18.7. The molecule has 0 unspecified atom stereocenters. The van der Waals surface area contributed by atoms with Crippen molar-refractivity contribution in [3.8, 4) is 17.1 Å². The van der Waals surface area contributed by atoms with Gasteiger partial charge in [-0.2, -0.15) is 5.10 Å². The van der Waals surface area contributed by atoms with Gasteiger partial charge in [-0.15, -0.1) is 0 Å². The van der Waals surface area contributed by atoms with Crippen molar-refractivity contribution >= 4 is 11.3 Å². The Morgan fingerprint density at radius 2 is 1.88 bits per heavy atom. The summed E-state index contributed by atoms with van der Waals surface area (Å²) in [6.07, 6.45) is 4.10. The van der Waals surface area contributed by atoms with Crippen molar-refractivity contribution < 1.29 is 13.9 Å². The van der Waals surface area contributed by atoms with Gasteiger partial charge in [0.1, 0.15) is 5.52 Å². The Morgan fingerprint density at radius 3 is 2.68 bits per heavy atom. The minimum absolute atomic E-state index is 0.0260. The lowest BCUT2D eigenvalue weighted by atomic mass is 9.73. The second-order valence-corrected chi connectivity index (χ2v) is 9.31. The summed E-state index contributed by atoms with van der Waals surface area (Å²) in [5.41, 5.74) is 10.3. The maximum atomic E-state index is 14.6. The third kappa shape index (κ3) is 3.00. The van der Waals surface area contributed by atoms with E-state index in [1.54, 1.807) is 29.8 Å². The molecule has 4 heterocycles. The summed E-state index contributed by atoms with van der Waals surface area (Å²) >= 11 is 0. The lowest BCUT2D eigenvalue weighted by Crippen LogP contribution is -2.44. The fourth-order valence-corrected chi connectivity index (χ4v) is 5.65. The quantitative estimate of drug-likeness (QED) is 0.469. The first-order valence-electron chi connectivity index (χ1n) is 11.4. The number of hydrogen-bond donors (Lipinski definition) is 2. The van der Waals surface area contributed by atoms with Crippen LogP contribution in [0.25, 0.3) is 16.8 Å². The van der Waals surface area contributed by atoms with E-state index in [-0.39, 0.29) is 22.9 Å². The Hall–Kier alpha value is -3.59. The topological polar surface area (TPSA) is 92.6 Å². The zero-order chi connectivity index (χ0) is 23.6. The number of nitrogens with zero attached hydrogens (tertiary/aromatic N) is 5. The average Bonchev–Trinajstić information content (AvgIpc) is 3.40. The van der Waals surface area contributed by atoms with Crippen molar-refractivity contribution in [1.82, 2.24) is 19.6 Å². The first kappa shape index (κ1) is 21.0. The molecule has 0 bridgehead atoms. The van der Waals surface area contributed by atoms with Gasteiger partial charge >= 0.3 is 0 Å². The van der Waals surface area contributed by atoms with Crippen molar-refractivity contribution in [3.05, 3.63) is 71.2 Å². The van der Waals surface area contributed by atoms with E-state index in [0.717, 1.165) is 61.0 Å². The normalized spacial score (nSPS) is 19.2. The van der Waals surface area contributed by atoms with Gasteiger partial charge < -0.3 is 15.7 Å². The van der Waals surface area contributed by atoms with E-state index in [0.29, 0.717) is 11.4 Å². The standard InChI is InChI=1S/C25H24F2N6O/c1-14-22(16-3-2-4-17(26)21(16)27)33-19(7-10-29-33)24(30-14)32-11-8-25(9-12-32)13-18-15(23(25)28)5-6-20(34)31-18/h2-7,10,23H,8-9,11-13,28H2,1H3,(H,31,34)/t23-/m1/s1. The molecule has 3 aromatic heterocycles. The Labute approximate surface area is 194 Å². The van der Waals surface area contributed by atoms with E-state index in [9.17, 15) is 13.9 Å². The molecule has 4 aromatic rings. The largest absolute Gasteiger partial charge is 0.493 e. The number of aromatic hydroxyl groups is 1. The van der Waals surface area contributed by atoms with Gasteiger partial charge in [0.05, 0.1) is 17.6 Å². The summed E-state index contributed by atoms with van der Waals surface area (Å²) in [6, 6.07) is 9.32. The number of fused-ring (bicyclic) bond motifs is 2. The first-order chi connectivity index (χ1) is 16.4. The molecule has 1 fully saturated rings. The van der Waals surface area contributed by atoms with Crippen molar-refractivity contribution in [1.29, 1.82) is 0 Å². The maximum absolute atomic E-state index is 14.6. The molecule has 7 nitrogen and oxygen atoms in total. The summed E-state index contributed by atoms with van der Waals surface area (Å²) in [6.45, 7) is 3.28. The highest BCUT2D eigenvalue weighted by atomic mass is 19.2. The SMILES string of the molecule is Cc1nc(N2CCC3(CC2)Cc2nc(O)ccc2[C@H]3N)c2ccnn2c1-c1cccc(F)c1F. The Balaban J connectivity index is 1.33. The van der Waals surface area contributed by atoms with Gasteiger partial charge in [0.2, 0.25) is 5.88 Å². The monoisotopic (exact) mass is 462 g/mol. The molecule has 0 saturated carbocycles. The van der Waals surface area contributed by atoms with Crippen LogP contribution >= 0.6 is 0 Å². The van der Waals surface area contributed by atoms with Crippen LogP contribution in [0.1, 0.15) is 35.8 Å². The molecule has 2 aliphatic rings. The van der Waals surface area contributed by atoms with Crippen LogP contribution in [0.3, 0.4) is 0 Å². The molecule has 0 amide bonds. The van der Waals surface area contributed by atoms with E-state index < -0.39 is 11.6 Å². The highest BCUT2D eigenvalue weighted by Gasteiger charge is 2.47. The highest BCUT2D eigenvalue weighted by molar-refractivity contribution is 5.75. The third-order valence-electron chi connectivity index (χ3n) is 7.47. The van der Waals surface area contributed by atoms with Crippen LogP contribution in [0.4, 0.5) is 14.6 Å². The number of benzene rings is 1. The van der Waals surface area contributed by atoms with E-state index in [4.69, 9.17) is 10.7 Å². The molecule has 1 spiro atoms. The Bertz CT molecular complexity index is 1430. The molecule has 34 heavy (non-hydrogen) atoms. The fourth-order valence-electron chi connectivity index (χ4n) is 5.65. The summed E-state index contributed by atoms with van der Waals surface area (Å²) in [4.78, 5) is 11.3. The molecule has 3 N–H and O–H groups in total. The van der Waals surface area contributed by atoms with Gasteiger partial charge in [-0.1, -0.05) is 12.1 Å². The van der Waals surface area contributed by atoms with Crippen molar-refractivity contribution in [3.63, 3.8) is 0 Å². The number of hydrogen-bond acceptors (Lipinski definition) is 6. The maximum Gasteiger partial charge on any atom is 0.210 e. The minimum Gasteiger partial charge on any atom is -0.493 e. The number of nitrogens with two attached hydrogens (primary N) is 1. The zero-order valence-corrected chi connectivity index (χ0v) is 18.7. The smallest absolute Gasteiger partial charge is 0.210 e. The molecule has 1 aliphatic heterocycles. The third-order valence-corrected chi connectivity index (χ3v) is 7.47. The van der Waals surface area contributed by atoms with Crippen LogP contribution in [0, 0.1) is 24.0 Å². The van der Waals surface area contributed by atoms with Crippen molar-refractivity contribution in [2.24, 2.45) is 11.1 Å². The number of halogens is 2. The van der Waals surface area contributed by atoms with Gasteiger partial charge in [0, 0.05) is 36.5 Å². The molecule has 1 aromatic carbocycles. The predicted octanol–water partition coefficient (Wildman–Crippen LogP) is 3.93. The van der Waals surface area contributed by atoms with E-state index in [1.165, 1.54) is 6.07 Å². The highest BCUT2D eigenvalue weighted by Crippen LogP contribution is 2.51. The van der Waals surface area contributed by atoms with Crippen LogP contribution in [0.2, 0.25) is 0 Å². The lowest BCUT2D eigenvalue weighted by molar-refractivity contribution is 0.186.